The van der Waals surface area contributed by atoms with Crippen molar-refractivity contribution in [1.82, 2.24) is 4.90 Å². The fourth-order valence-corrected chi connectivity index (χ4v) is 6.72. The van der Waals surface area contributed by atoms with Gasteiger partial charge in [0.1, 0.15) is 22.9 Å². The van der Waals surface area contributed by atoms with Crippen molar-refractivity contribution in [3.05, 3.63) is 52.8 Å². The summed E-state index contributed by atoms with van der Waals surface area (Å²) in [6, 6.07) is 6.45. The van der Waals surface area contributed by atoms with Crippen molar-refractivity contribution in [1.29, 1.82) is 0 Å². The number of carbonyl (C=O) groups excluding carboxylic acids is 1. The summed E-state index contributed by atoms with van der Waals surface area (Å²) in [5.74, 6) is -1.16. The molecule has 1 saturated heterocycles. The number of likely N-dealkylation sites (tertiary alicyclic amines) is 1. The molecule has 2 heterocycles. The molecular formula is C26H29FN2O6S. The molecule has 3 atom stereocenters. The van der Waals surface area contributed by atoms with Crippen LogP contribution in [-0.2, 0) is 21.2 Å². The second-order valence-corrected chi connectivity index (χ2v) is 11.5. The number of nitrogens with zero attached hydrogens (tertiary/aromatic N) is 1. The molecule has 10 heteroatoms. The van der Waals surface area contributed by atoms with E-state index in [9.17, 15) is 27.5 Å². The van der Waals surface area contributed by atoms with Gasteiger partial charge < -0.3 is 14.7 Å². The first-order valence-corrected chi connectivity index (χ1v) is 13.8. The third kappa shape index (κ3) is 4.71. The van der Waals surface area contributed by atoms with Gasteiger partial charge in [-0.15, -0.1) is 0 Å². The smallest absolute Gasteiger partial charge is 0.341 e. The summed E-state index contributed by atoms with van der Waals surface area (Å²) in [7, 11) is -4.28. The molecule has 1 saturated carbocycles. The second kappa shape index (κ2) is 9.48. The molecule has 36 heavy (non-hydrogen) atoms. The van der Waals surface area contributed by atoms with Crippen molar-refractivity contribution in [3.8, 4) is 5.75 Å². The molecule has 1 aliphatic carbocycles. The van der Waals surface area contributed by atoms with Gasteiger partial charge in [-0.05, 0) is 73.7 Å². The number of anilines is 1. The number of ether oxygens (including phenoxy) is 1. The summed E-state index contributed by atoms with van der Waals surface area (Å²) >= 11 is 0. The van der Waals surface area contributed by atoms with Crippen LogP contribution >= 0.6 is 0 Å². The minimum absolute atomic E-state index is 0.0323. The number of halogens is 1. The number of benzene rings is 2. The minimum atomic E-state index is -4.28. The average molecular weight is 517 g/mol. The Kier molecular flexibility index (Phi) is 6.50. The monoisotopic (exact) mass is 516 g/mol. The van der Waals surface area contributed by atoms with Crippen molar-refractivity contribution in [2.75, 3.05) is 31.0 Å². The van der Waals surface area contributed by atoms with E-state index in [-0.39, 0.29) is 57.9 Å². The van der Waals surface area contributed by atoms with Gasteiger partial charge in [0, 0.05) is 24.8 Å². The SMILES string of the molecule is CCN1CCC(C(=O)CCc2cc(F)ccc2S(=O)(=O)Nc2ccc3c(c2C(=O)O)OCC2CC32)C1. The summed E-state index contributed by atoms with van der Waals surface area (Å²) in [5.41, 5.74) is 0.605. The van der Waals surface area contributed by atoms with E-state index in [1.165, 1.54) is 6.07 Å². The van der Waals surface area contributed by atoms with Gasteiger partial charge in [-0.1, -0.05) is 13.0 Å². The molecule has 3 unspecified atom stereocenters. The van der Waals surface area contributed by atoms with E-state index in [0.29, 0.717) is 19.1 Å². The summed E-state index contributed by atoms with van der Waals surface area (Å²) in [6.07, 6.45) is 1.86. The Labute approximate surface area is 209 Å². The van der Waals surface area contributed by atoms with Gasteiger partial charge >= 0.3 is 5.97 Å². The summed E-state index contributed by atoms with van der Waals surface area (Å²) in [6.45, 7) is 4.85. The summed E-state index contributed by atoms with van der Waals surface area (Å²) < 4.78 is 48.9. The van der Waals surface area contributed by atoms with Crippen LogP contribution in [0.4, 0.5) is 10.1 Å². The lowest BCUT2D eigenvalue weighted by molar-refractivity contribution is -0.122. The Morgan fingerprint density at radius 2 is 2.06 bits per heavy atom. The zero-order valence-corrected chi connectivity index (χ0v) is 20.8. The highest BCUT2D eigenvalue weighted by atomic mass is 32.2. The number of ketones is 1. The predicted molar refractivity (Wildman–Crippen MR) is 131 cm³/mol. The van der Waals surface area contributed by atoms with Crippen LogP contribution in [0.15, 0.2) is 35.2 Å². The van der Waals surface area contributed by atoms with E-state index >= 15 is 0 Å². The molecule has 0 amide bonds. The largest absolute Gasteiger partial charge is 0.492 e. The second-order valence-electron chi connectivity index (χ2n) is 9.83. The van der Waals surface area contributed by atoms with E-state index in [0.717, 1.165) is 49.7 Å². The maximum absolute atomic E-state index is 14.1. The number of hydrogen-bond donors (Lipinski definition) is 2. The Morgan fingerprint density at radius 1 is 1.25 bits per heavy atom. The molecule has 8 nitrogen and oxygen atoms in total. The minimum Gasteiger partial charge on any atom is -0.492 e. The van der Waals surface area contributed by atoms with E-state index < -0.39 is 21.8 Å². The summed E-state index contributed by atoms with van der Waals surface area (Å²) in [5, 5.41) is 9.86. The van der Waals surface area contributed by atoms with Crippen molar-refractivity contribution >= 4 is 27.5 Å². The van der Waals surface area contributed by atoms with Gasteiger partial charge in [-0.2, -0.15) is 0 Å². The molecule has 2 aromatic carbocycles. The van der Waals surface area contributed by atoms with Crippen molar-refractivity contribution < 1.29 is 32.2 Å². The van der Waals surface area contributed by atoms with Gasteiger partial charge in [0.15, 0.2) is 0 Å². The van der Waals surface area contributed by atoms with Gasteiger partial charge in [-0.3, -0.25) is 9.52 Å². The fourth-order valence-electron chi connectivity index (χ4n) is 5.40. The number of aromatic carboxylic acids is 1. The molecule has 2 fully saturated rings. The van der Waals surface area contributed by atoms with Crippen LogP contribution in [0.1, 0.15) is 53.6 Å². The average Bonchev–Trinajstić information content (AvgIpc) is 3.48. The Balaban J connectivity index is 1.39. The first-order chi connectivity index (χ1) is 17.2. The highest BCUT2D eigenvalue weighted by molar-refractivity contribution is 7.92. The fraction of sp³-hybridized carbons (Fsp3) is 0.462. The number of carboxylic acid groups (broad SMARTS) is 1. The molecule has 2 aliphatic heterocycles. The van der Waals surface area contributed by atoms with E-state index in [2.05, 4.69) is 9.62 Å². The highest BCUT2D eigenvalue weighted by Gasteiger charge is 2.45. The van der Waals surface area contributed by atoms with Crippen LogP contribution in [0.5, 0.6) is 5.75 Å². The zero-order valence-electron chi connectivity index (χ0n) is 20.0. The number of carboxylic acids is 1. The third-order valence-electron chi connectivity index (χ3n) is 7.54. The number of Topliss-reactive ketones (excluding diaryl/α,β-unsaturated/α-hetero) is 1. The Morgan fingerprint density at radius 3 is 2.78 bits per heavy atom. The first-order valence-electron chi connectivity index (χ1n) is 12.3. The quantitative estimate of drug-likeness (QED) is 0.523. The van der Waals surface area contributed by atoms with Crippen LogP contribution in [0.2, 0.25) is 0 Å². The Bertz CT molecular complexity index is 1330. The van der Waals surface area contributed by atoms with Crippen LogP contribution in [-0.4, -0.2) is 56.4 Å². The molecule has 0 spiro atoms. The van der Waals surface area contributed by atoms with Crippen LogP contribution in [0.25, 0.3) is 0 Å². The molecule has 3 aliphatic rings. The van der Waals surface area contributed by atoms with Gasteiger partial charge in [0.2, 0.25) is 0 Å². The van der Waals surface area contributed by atoms with Gasteiger partial charge in [-0.25, -0.2) is 17.6 Å². The number of sulfonamides is 1. The number of aryl methyl sites for hydroxylation is 1. The van der Waals surface area contributed by atoms with Crippen molar-refractivity contribution in [2.45, 2.75) is 43.4 Å². The predicted octanol–water partition coefficient (Wildman–Crippen LogP) is 3.66. The molecule has 5 rings (SSSR count). The molecular weight excluding hydrogens is 487 g/mol. The van der Waals surface area contributed by atoms with E-state index in [1.807, 2.05) is 6.92 Å². The molecule has 0 radical (unpaired) electrons. The highest BCUT2D eigenvalue weighted by Crippen LogP contribution is 2.55. The standard InChI is InChI=1S/C26H29FN2O6S/c1-2-29-10-9-16(13-29)22(30)7-3-15-11-18(27)4-8-23(15)36(33,34)28-21-6-5-19-20-12-17(20)14-35-25(19)24(21)26(31)32/h4-6,8,11,16-17,20,28H,2-3,7,9-10,12-14H2,1H3,(H,31,32). The number of fused-ring (bicyclic) bond motifs is 3. The molecule has 192 valence electrons. The maximum Gasteiger partial charge on any atom is 0.341 e. The van der Waals surface area contributed by atoms with Gasteiger partial charge in [0.25, 0.3) is 10.0 Å². The number of rotatable bonds is 9. The lowest BCUT2D eigenvalue weighted by Crippen LogP contribution is -2.23. The Hall–Kier alpha value is -2.98. The molecule has 0 bridgehead atoms. The lowest BCUT2D eigenvalue weighted by atomic mass is 9.97. The van der Waals surface area contributed by atoms with Gasteiger partial charge in [0.05, 0.1) is 17.2 Å². The number of hydrogen-bond acceptors (Lipinski definition) is 6. The zero-order chi connectivity index (χ0) is 25.6. The normalized spacial score (nSPS) is 22.9. The molecule has 0 aromatic heterocycles. The lowest BCUT2D eigenvalue weighted by Gasteiger charge is -2.21. The molecule has 2 N–H and O–H groups in total. The van der Waals surface area contributed by atoms with Crippen molar-refractivity contribution in [3.63, 3.8) is 0 Å². The molecule has 2 aromatic rings. The maximum atomic E-state index is 14.1. The summed E-state index contributed by atoms with van der Waals surface area (Å²) in [4.78, 5) is 26.8. The number of nitrogens with one attached hydrogen (secondary N) is 1. The van der Waals surface area contributed by atoms with Crippen LogP contribution < -0.4 is 9.46 Å². The van der Waals surface area contributed by atoms with Crippen LogP contribution in [0.3, 0.4) is 0 Å². The van der Waals surface area contributed by atoms with E-state index in [4.69, 9.17) is 4.74 Å². The number of carbonyl (C=O) groups is 2. The van der Waals surface area contributed by atoms with Crippen LogP contribution in [0, 0.1) is 17.7 Å². The third-order valence-corrected chi connectivity index (χ3v) is 9.00. The topological polar surface area (TPSA) is 113 Å². The van der Waals surface area contributed by atoms with Crippen molar-refractivity contribution in [2.24, 2.45) is 11.8 Å². The van der Waals surface area contributed by atoms with E-state index in [1.54, 1.807) is 6.07 Å². The first kappa shape index (κ1) is 24.7.